The first-order chi connectivity index (χ1) is 14.8. The fourth-order valence-electron chi connectivity index (χ4n) is 3.33. The summed E-state index contributed by atoms with van der Waals surface area (Å²) in [7, 11) is -1.87. The fourth-order valence-corrected chi connectivity index (χ4v) is 4.38. The molecule has 0 heterocycles. The lowest BCUT2D eigenvalue weighted by Gasteiger charge is -2.26. The summed E-state index contributed by atoms with van der Waals surface area (Å²) in [4.78, 5) is 12.2. The van der Waals surface area contributed by atoms with Crippen LogP contribution in [0, 0.1) is 6.92 Å². The Morgan fingerprint density at radius 2 is 1.84 bits per heavy atom. The number of amides is 1. The van der Waals surface area contributed by atoms with Crippen LogP contribution >= 0.6 is 0 Å². The minimum absolute atomic E-state index is 0.136. The lowest BCUT2D eigenvalue weighted by atomic mass is 10.1. The number of carbonyl (C=O) groups is 1. The third-order valence-electron chi connectivity index (χ3n) is 4.85. The number of benzene rings is 2. The predicted octanol–water partition coefficient (Wildman–Crippen LogP) is 3.31. The number of ether oxygens (including phenoxy) is 2. The van der Waals surface area contributed by atoms with E-state index in [1.54, 1.807) is 13.2 Å². The number of carbonyl (C=O) groups excluding carboxylic acids is 1. The summed E-state index contributed by atoms with van der Waals surface area (Å²) in [5, 5.41) is 2.80. The maximum atomic E-state index is 12.4. The molecule has 8 heteroatoms. The van der Waals surface area contributed by atoms with Gasteiger partial charge in [0.15, 0.2) is 0 Å². The summed E-state index contributed by atoms with van der Waals surface area (Å²) >= 11 is 0. The van der Waals surface area contributed by atoms with E-state index < -0.39 is 10.0 Å². The van der Waals surface area contributed by atoms with Crippen molar-refractivity contribution in [2.75, 3.05) is 37.4 Å². The first-order valence-corrected chi connectivity index (χ1v) is 12.2. The van der Waals surface area contributed by atoms with Gasteiger partial charge in [0.2, 0.25) is 15.9 Å². The van der Waals surface area contributed by atoms with Crippen LogP contribution in [0.5, 0.6) is 11.5 Å². The Morgan fingerprint density at radius 1 is 1.13 bits per heavy atom. The molecule has 0 aliphatic heterocycles. The van der Waals surface area contributed by atoms with Crippen LogP contribution in [0.3, 0.4) is 0 Å². The summed E-state index contributed by atoms with van der Waals surface area (Å²) in [5.41, 5.74) is 2.60. The lowest BCUT2D eigenvalue weighted by Crippen LogP contribution is -2.34. The number of methoxy groups -OCH3 is 1. The molecule has 7 nitrogen and oxygen atoms in total. The van der Waals surface area contributed by atoms with Gasteiger partial charge >= 0.3 is 0 Å². The topological polar surface area (TPSA) is 84.9 Å². The van der Waals surface area contributed by atoms with Gasteiger partial charge in [0.25, 0.3) is 0 Å². The minimum atomic E-state index is -3.46. The van der Waals surface area contributed by atoms with Crippen molar-refractivity contribution in [2.45, 2.75) is 33.1 Å². The summed E-state index contributed by atoms with van der Waals surface area (Å²) < 4.78 is 37.0. The van der Waals surface area contributed by atoms with Crippen molar-refractivity contribution in [2.24, 2.45) is 0 Å². The lowest BCUT2D eigenvalue weighted by molar-refractivity contribution is -0.121. The van der Waals surface area contributed by atoms with Gasteiger partial charge < -0.3 is 14.8 Å². The molecule has 0 saturated heterocycles. The fraction of sp³-hybridized carbons (Fsp3) is 0.435. The highest BCUT2D eigenvalue weighted by Crippen LogP contribution is 2.28. The van der Waals surface area contributed by atoms with E-state index in [2.05, 4.69) is 5.32 Å². The van der Waals surface area contributed by atoms with Crippen LogP contribution in [0.4, 0.5) is 5.69 Å². The first-order valence-electron chi connectivity index (χ1n) is 10.4. The molecule has 170 valence electrons. The average molecular weight is 449 g/mol. The number of para-hydroxylation sites is 1. The molecule has 0 spiro atoms. The van der Waals surface area contributed by atoms with E-state index in [1.165, 1.54) is 10.6 Å². The van der Waals surface area contributed by atoms with Gasteiger partial charge in [0.05, 0.1) is 25.6 Å². The van der Waals surface area contributed by atoms with Crippen molar-refractivity contribution in [3.8, 4) is 11.5 Å². The number of nitrogens with zero attached hydrogens (tertiary/aromatic N) is 1. The molecule has 1 N–H and O–H groups in total. The van der Waals surface area contributed by atoms with Crippen LogP contribution in [0.1, 0.15) is 30.9 Å². The van der Waals surface area contributed by atoms with Gasteiger partial charge in [-0.1, -0.05) is 31.2 Å². The first kappa shape index (κ1) is 24.5. The summed E-state index contributed by atoms with van der Waals surface area (Å²) in [5.74, 6) is 1.24. The normalized spacial score (nSPS) is 11.1. The van der Waals surface area contributed by atoms with E-state index in [-0.39, 0.29) is 18.9 Å². The Morgan fingerprint density at radius 3 is 2.52 bits per heavy atom. The second-order valence-corrected chi connectivity index (χ2v) is 9.16. The second kappa shape index (κ2) is 11.6. The number of nitrogens with one attached hydrogen (secondary N) is 1. The number of sulfonamides is 1. The second-order valence-electron chi connectivity index (χ2n) is 7.25. The Bertz CT molecular complexity index is 976. The van der Waals surface area contributed by atoms with Crippen molar-refractivity contribution in [1.29, 1.82) is 0 Å². The highest BCUT2D eigenvalue weighted by atomic mass is 32.2. The summed E-state index contributed by atoms with van der Waals surface area (Å²) in [6, 6.07) is 13.0. The summed E-state index contributed by atoms with van der Waals surface area (Å²) in [6.07, 6.45) is 2.59. The molecule has 2 rings (SSSR count). The van der Waals surface area contributed by atoms with E-state index >= 15 is 0 Å². The van der Waals surface area contributed by atoms with Crippen LogP contribution < -0.4 is 19.1 Å². The molecule has 2 aromatic rings. The molecular weight excluding hydrogens is 416 g/mol. The zero-order valence-electron chi connectivity index (χ0n) is 18.7. The van der Waals surface area contributed by atoms with Crippen LogP contribution in [0.25, 0.3) is 0 Å². The van der Waals surface area contributed by atoms with Gasteiger partial charge in [-0.25, -0.2) is 8.42 Å². The quantitative estimate of drug-likeness (QED) is 0.504. The van der Waals surface area contributed by atoms with Crippen LogP contribution in [-0.2, 0) is 21.2 Å². The van der Waals surface area contributed by atoms with Crippen LogP contribution in [-0.4, -0.2) is 47.4 Å². The van der Waals surface area contributed by atoms with Gasteiger partial charge in [-0.3, -0.25) is 9.10 Å². The van der Waals surface area contributed by atoms with E-state index in [4.69, 9.17) is 9.47 Å². The number of hydrogen-bond acceptors (Lipinski definition) is 5. The van der Waals surface area contributed by atoms with Crippen molar-refractivity contribution in [3.63, 3.8) is 0 Å². The molecule has 0 atom stereocenters. The highest BCUT2D eigenvalue weighted by Gasteiger charge is 2.21. The van der Waals surface area contributed by atoms with Crippen LogP contribution in [0.15, 0.2) is 42.5 Å². The number of anilines is 1. The Balaban J connectivity index is 1.84. The molecule has 0 aliphatic carbocycles. The SMILES string of the molecule is CCc1cccc(C)c1N(CCCC(=O)NCCOc1cccc(OC)c1)S(C)(=O)=O. The highest BCUT2D eigenvalue weighted by molar-refractivity contribution is 7.92. The number of rotatable bonds is 12. The zero-order valence-corrected chi connectivity index (χ0v) is 19.5. The number of aryl methyl sites for hydroxylation is 2. The monoisotopic (exact) mass is 448 g/mol. The van der Waals surface area contributed by atoms with E-state index in [1.807, 2.05) is 50.2 Å². The maximum Gasteiger partial charge on any atom is 0.232 e. The Kier molecular flexibility index (Phi) is 9.18. The average Bonchev–Trinajstić information content (AvgIpc) is 2.74. The van der Waals surface area contributed by atoms with Gasteiger partial charge in [-0.2, -0.15) is 0 Å². The van der Waals surface area contributed by atoms with Crippen molar-refractivity contribution in [3.05, 3.63) is 53.6 Å². The molecule has 0 radical (unpaired) electrons. The third-order valence-corrected chi connectivity index (χ3v) is 6.02. The molecule has 0 unspecified atom stereocenters. The standard InChI is InChI=1S/C23H32N2O5S/c1-5-19-10-6-9-18(2)23(19)25(31(4,27)28)15-8-13-22(26)24-14-16-30-21-12-7-11-20(17-21)29-3/h6-7,9-12,17H,5,8,13-16H2,1-4H3,(H,24,26). The smallest absolute Gasteiger partial charge is 0.232 e. The zero-order chi connectivity index (χ0) is 22.9. The van der Waals surface area contributed by atoms with Gasteiger partial charge in [-0.15, -0.1) is 0 Å². The Hall–Kier alpha value is -2.74. The third kappa shape index (κ3) is 7.47. The molecule has 2 aromatic carbocycles. The van der Waals surface area contributed by atoms with Crippen molar-refractivity contribution < 1.29 is 22.7 Å². The minimum Gasteiger partial charge on any atom is -0.497 e. The van der Waals surface area contributed by atoms with Gasteiger partial charge in [0.1, 0.15) is 18.1 Å². The van der Waals surface area contributed by atoms with Crippen molar-refractivity contribution >= 4 is 21.6 Å². The van der Waals surface area contributed by atoms with E-state index in [9.17, 15) is 13.2 Å². The largest absolute Gasteiger partial charge is 0.497 e. The van der Waals surface area contributed by atoms with E-state index in [0.29, 0.717) is 31.1 Å². The van der Waals surface area contributed by atoms with Gasteiger partial charge in [0, 0.05) is 19.0 Å². The molecule has 0 aromatic heterocycles. The molecule has 0 fully saturated rings. The van der Waals surface area contributed by atoms with Gasteiger partial charge in [-0.05, 0) is 43.0 Å². The van der Waals surface area contributed by atoms with E-state index in [0.717, 1.165) is 23.2 Å². The number of hydrogen-bond donors (Lipinski definition) is 1. The van der Waals surface area contributed by atoms with Crippen LogP contribution in [0.2, 0.25) is 0 Å². The molecule has 1 amide bonds. The van der Waals surface area contributed by atoms with Crippen molar-refractivity contribution in [1.82, 2.24) is 5.32 Å². The Labute approximate surface area is 185 Å². The molecule has 0 bridgehead atoms. The molecule has 31 heavy (non-hydrogen) atoms. The molecule has 0 saturated carbocycles. The molecular formula is C23H32N2O5S. The summed E-state index contributed by atoms with van der Waals surface area (Å²) in [6.45, 7) is 4.85. The molecule has 0 aliphatic rings. The maximum absolute atomic E-state index is 12.4. The predicted molar refractivity (Wildman–Crippen MR) is 123 cm³/mol.